The molecule has 1 unspecified atom stereocenters. The van der Waals surface area contributed by atoms with Gasteiger partial charge in [0.15, 0.2) is 0 Å². The van der Waals surface area contributed by atoms with Crippen LogP contribution in [0, 0.1) is 12.8 Å². The Morgan fingerprint density at radius 3 is 2.75 bits per heavy atom. The molecule has 0 aliphatic carbocycles. The van der Waals surface area contributed by atoms with Gasteiger partial charge in [-0.1, -0.05) is 41.9 Å². The molecule has 0 fully saturated rings. The first-order valence-electron chi connectivity index (χ1n) is 5.17. The fraction of sp³-hybridized carbons (Fsp3) is 0.308. The van der Waals surface area contributed by atoms with Gasteiger partial charge in [-0.25, -0.2) is 0 Å². The summed E-state index contributed by atoms with van der Waals surface area (Å²) in [6, 6.07) is 7.84. The van der Waals surface area contributed by atoms with Gasteiger partial charge in [0.05, 0.1) is 5.92 Å². The molecule has 16 heavy (non-hydrogen) atoms. The predicted molar refractivity (Wildman–Crippen MR) is 65.6 cm³/mol. The van der Waals surface area contributed by atoms with Crippen molar-refractivity contribution in [2.45, 2.75) is 19.8 Å². The Bertz CT molecular complexity index is 385. The van der Waals surface area contributed by atoms with Crippen LogP contribution in [-0.2, 0) is 11.2 Å². The van der Waals surface area contributed by atoms with E-state index in [0.29, 0.717) is 12.8 Å². The maximum absolute atomic E-state index is 11.0. The van der Waals surface area contributed by atoms with Crippen molar-refractivity contribution in [3.63, 3.8) is 0 Å². The number of carboxylic acids is 1. The molecule has 0 heterocycles. The van der Waals surface area contributed by atoms with Crippen LogP contribution in [0.3, 0.4) is 0 Å². The van der Waals surface area contributed by atoms with Gasteiger partial charge in [0.25, 0.3) is 0 Å². The number of hydrogen-bond donors (Lipinski definition) is 1. The second-order valence-electron chi connectivity index (χ2n) is 3.76. The van der Waals surface area contributed by atoms with Crippen LogP contribution in [0.4, 0.5) is 0 Å². The Morgan fingerprint density at radius 1 is 1.50 bits per heavy atom. The van der Waals surface area contributed by atoms with E-state index < -0.39 is 11.9 Å². The van der Waals surface area contributed by atoms with Gasteiger partial charge in [0.2, 0.25) is 0 Å². The molecule has 1 N–H and O–H groups in total. The number of benzene rings is 1. The highest BCUT2D eigenvalue weighted by molar-refractivity contribution is 6.25. The van der Waals surface area contributed by atoms with E-state index in [2.05, 4.69) is 0 Å². The van der Waals surface area contributed by atoms with Crippen LogP contribution in [0.25, 0.3) is 0 Å². The third-order valence-electron chi connectivity index (χ3n) is 2.59. The molecule has 3 heteroatoms. The van der Waals surface area contributed by atoms with Gasteiger partial charge in [0, 0.05) is 5.54 Å². The van der Waals surface area contributed by atoms with Crippen LogP contribution >= 0.6 is 11.6 Å². The monoisotopic (exact) mass is 238 g/mol. The predicted octanol–water partition coefficient (Wildman–Crippen LogP) is 3.38. The van der Waals surface area contributed by atoms with E-state index in [-0.39, 0.29) is 0 Å². The molecule has 0 amide bonds. The quantitative estimate of drug-likeness (QED) is 0.854. The smallest absolute Gasteiger partial charge is 0.307 e. The Kier molecular flexibility index (Phi) is 5.06. The van der Waals surface area contributed by atoms with Gasteiger partial charge < -0.3 is 5.11 Å². The van der Waals surface area contributed by atoms with Crippen molar-refractivity contribution in [1.29, 1.82) is 0 Å². The summed E-state index contributed by atoms with van der Waals surface area (Å²) < 4.78 is 0. The van der Waals surface area contributed by atoms with E-state index in [0.717, 1.165) is 11.1 Å². The van der Waals surface area contributed by atoms with Crippen molar-refractivity contribution in [2.75, 3.05) is 0 Å². The molecule has 0 bridgehead atoms. The van der Waals surface area contributed by atoms with Gasteiger partial charge in [-0.15, -0.1) is 0 Å². The molecule has 0 aliphatic heterocycles. The molecule has 86 valence electrons. The van der Waals surface area contributed by atoms with Crippen LogP contribution in [-0.4, -0.2) is 11.1 Å². The zero-order chi connectivity index (χ0) is 12.0. The maximum atomic E-state index is 11.0. The van der Waals surface area contributed by atoms with Crippen molar-refractivity contribution in [3.8, 4) is 0 Å². The SMILES string of the molecule is Cc1ccccc1CC(C/C=C/Cl)C(=O)O. The van der Waals surface area contributed by atoms with Crippen molar-refractivity contribution < 1.29 is 9.90 Å². The topological polar surface area (TPSA) is 37.3 Å². The molecule has 1 aromatic rings. The second-order valence-corrected chi connectivity index (χ2v) is 4.02. The zero-order valence-electron chi connectivity index (χ0n) is 9.19. The normalized spacial score (nSPS) is 12.9. The van der Waals surface area contributed by atoms with Crippen LogP contribution in [0.2, 0.25) is 0 Å². The lowest BCUT2D eigenvalue weighted by atomic mass is 9.94. The molecule has 2 nitrogen and oxygen atoms in total. The van der Waals surface area contributed by atoms with Crippen LogP contribution in [0.1, 0.15) is 17.5 Å². The number of aliphatic carboxylic acids is 1. The Balaban J connectivity index is 2.75. The van der Waals surface area contributed by atoms with E-state index in [1.54, 1.807) is 6.08 Å². The van der Waals surface area contributed by atoms with Crippen LogP contribution < -0.4 is 0 Å². The molecule has 1 rings (SSSR count). The average Bonchev–Trinajstić information content (AvgIpc) is 2.26. The second kappa shape index (κ2) is 6.33. The standard InChI is InChI=1S/C13H15ClO2/c1-10-5-2-3-6-11(10)9-12(13(15)16)7-4-8-14/h2-6,8,12H,7,9H2,1H3,(H,15,16)/b8-4+. The van der Waals surface area contributed by atoms with E-state index in [1.807, 2.05) is 31.2 Å². The first-order valence-corrected chi connectivity index (χ1v) is 5.61. The molecular formula is C13H15ClO2. The van der Waals surface area contributed by atoms with E-state index in [9.17, 15) is 4.79 Å². The highest BCUT2D eigenvalue weighted by Gasteiger charge is 2.17. The summed E-state index contributed by atoms with van der Waals surface area (Å²) in [5.41, 5.74) is 3.58. The van der Waals surface area contributed by atoms with E-state index in [4.69, 9.17) is 16.7 Å². The lowest BCUT2D eigenvalue weighted by molar-refractivity contribution is -0.141. The van der Waals surface area contributed by atoms with Crippen molar-refractivity contribution in [2.24, 2.45) is 5.92 Å². The highest BCUT2D eigenvalue weighted by Crippen LogP contribution is 2.16. The lowest BCUT2D eigenvalue weighted by Crippen LogP contribution is -2.16. The highest BCUT2D eigenvalue weighted by atomic mass is 35.5. The summed E-state index contributed by atoms with van der Waals surface area (Å²) in [4.78, 5) is 11.0. The van der Waals surface area contributed by atoms with Gasteiger partial charge >= 0.3 is 5.97 Å². The third kappa shape index (κ3) is 3.70. The van der Waals surface area contributed by atoms with Gasteiger partial charge in [0.1, 0.15) is 0 Å². The number of halogens is 1. The summed E-state index contributed by atoms with van der Waals surface area (Å²) in [5.74, 6) is -1.19. The number of carbonyl (C=O) groups is 1. The number of hydrogen-bond acceptors (Lipinski definition) is 1. The van der Waals surface area contributed by atoms with E-state index >= 15 is 0 Å². The summed E-state index contributed by atoms with van der Waals surface area (Å²) in [5, 5.41) is 9.08. The molecule has 0 radical (unpaired) electrons. The molecule has 0 aromatic heterocycles. The molecule has 1 aromatic carbocycles. The molecular weight excluding hydrogens is 224 g/mol. The van der Waals surface area contributed by atoms with Gasteiger partial charge in [-0.3, -0.25) is 4.79 Å². The zero-order valence-corrected chi connectivity index (χ0v) is 9.95. The number of rotatable bonds is 5. The number of carboxylic acid groups (broad SMARTS) is 1. The van der Waals surface area contributed by atoms with Gasteiger partial charge in [-0.2, -0.15) is 0 Å². The minimum Gasteiger partial charge on any atom is -0.481 e. The Labute approximate surface area is 101 Å². The lowest BCUT2D eigenvalue weighted by Gasteiger charge is -2.11. The summed E-state index contributed by atoms with van der Waals surface area (Å²) in [6.45, 7) is 1.99. The third-order valence-corrected chi connectivity index (χ3v) is 2.76. The minimum absolute atomic E-state index is 0.406. The van der Waals surface area contributed by atoms with Crippen LogP contribution in [0.5, 0.6) is 0 Å². The van der Waals surface area contributed by atoms with Crippen molar-refractivity contribution >= 4 is 17.6 Å². The molecule has 0 saturated heterocycles. The summed E-state index contributed by atoms with van der Waals surface area (Å²) in [6.07, 6.45) is 2.69. The summed E-state index contributed by atoms with van der Waals surface area (Å²) in [7, 11) is 0. The van der Waals surface area contributed by atoms with Crippen molar-refractivity contribution in [1.82, 2.24) is 0 Å². The van der Waals surface area contributed by atoms with Crippen molar-refractivity contribution in [3.05, 3.63) is 47.0 Å². The largest absolute Gasteiger partial charge is 0.481 e. The average molecular weight is 239 g/mol. The fourth-order valence-electron chi connectivity index (χ4n) is 1.59. The minimum atomic E-state index is -0.780. The number of allylic oxidation sites excluding steroid dienone is 1. The molecule has 0 aliphatic rings. The number of aryl methyl sites for hydroxylation is 1. The van der Waals surface area contributed by atoms with Gasteiger partial charge in [-0.05, 0) is 30.9 Å². The summed E-state index contributed by atoms with van der Waals surface area (Å²) >= 11 is 5.41. The molecule has 0 saturated carbocycles. The molecule has 1 atom stereocenters. The first-order chi connectivity index (χ1) is 7.65. The first kappa shape index (κ1) is 12.8. The van der Waals surface area contributed by atoms with Crippen LogP contribution in [0.15, 0.2) is 35.9 Å². The Morgan fingerprint density at radius 2 is 2.19 bits per heavy atom. The maximum Gasteiger partial charge on any atom is 0.307 e. The van der Waals surface area contributed by atoms with E-state index in [1.165, 1.54) is 5.54 Å². The molecule has 0 spiro atoms. The Hall–Kier alpha value is -1.28. The fourth-order valence-corrected chi connectivity index (χ4v) is 1.69.